The molecule has 0 amide bonds. The van der Waals surface area contributed by atoms with Gasteiger partial charge in [0.2, 0.25) is 0 Å². The predicted octanol–water partition coefficient (Wildman–Crippen LogP) is 3.20. The Morgan fingerprint density at radius 2 is 1.97 bits per heavy atom. The van der Waals surface area contributed by atoms with Gasteiger partial charge in [-0.05, 0) is 30.3 Å². The van der Waals surface area contributed by atoms with Gasteiger partial charge in [-0.3, -0.25) is 5.10 Å². The van der Waals surface area contributed by atoms with Crippen LogP contribution in [0.5, 0.6) is 0 Å². The lowest BCUT2D eigenvalue weighted by atomic mass is 10.1. The Labute approximate surface area is 171 Å². The third-order valence-corrected chi connectivity index (χ3v) is 5.47. The molecule has 1 aliphatic heterocycles. The first-order valence-electron chi connectivity index (χ1n) is 9.80. The average molecular weight is 397 g/mol. The van der Waals surface area contributed by atoms with Crippen molar-refractivity contribution < 1.29 is 5.11 Å². The molecule has 2 aromatic carbocycles. The Kier molecular flexibility index (Phi) is 3.72. The second kappa shape index (κ2) is 6.57. The van der Waals surface area contributed by atoms with Gasteiger partial charge in [0, 0.05) is 54.0 Å². The number of aliphatic hydroxyl groups is 1. The van der Waals surface area contributed by atoms with Crippen LogP contribution in [0, 0.1) is 0 Å². The van der Waals surface area contributed by atoms with E-state index in [1.165, 1.54) is 0 Å². The fourth-order valence-electron chi connectivity index (χ4n) is 3.81. The number of aliphatic hydroxyl groups excluding tert-OH is 1. The molecule has 8 nitrogen and oxygen atoms in total. The van der Waals surface area contributed by atoms with Crippen LogP contribution in [-0.2, 0) is 0 Å². The molecule has 1 fully saturated rings. The molecule has 8 heteroatoms. The largest absolute Gasteiger partial charge is 0.389 e. The molecular formula is C22H19N7O. The van der Waals surface area contributed by atoms with E-state index < -0.39 is 0 Å². The molecular weight excluding hydrogens is 378 g/mol. The van der Waals surface area contributed by atoms with Gasteiger partial charge in [-0.1, -0.05) is 12.1 Å². The van der Waals surface area contributed by atoms with Crippen molar-refractivity contribution in [2.24, 2.45) is 0 Å². The monoisotopic (exact) mass is 397 g/mol. The van der Waals surface area contributed by atoms with Crippen LogP contribution < -0.4 is 10.2 Å². The Morgan fingerprint density at radius 1 is 1.10 bits per heavy atom. The van der Waals surface area contributed by atoms with Crippen molar-refractivity contribution in [2.45, 2.75) is 6.10 Å². The maximum absolute atomic E-state index is 9.50. The van der Waals surface area contributed by atoms with E-state index >= 15 is 0 Å². The number of nitrogens with zero attached hydrogens (tertiary/aromatic N) is 5. The van der Waals surface area contributed by atoms with E-state index in [0.29, 0.717) is 18.9 Å². The summed E-state index contributed by atoms with van der Waals surface area (Å²) in [5.41, 5.74) is 5.60. The minimum Gasteiger partial charge on any atom is -0.389 e. The van der Waals surface area contributed by atoms with Gasteiger partial charge in [-0.2, -0.15) is 5.10 Å². The van der Waals surface area contributed by atoms with Crippen molar-refractivity contribution in [1.29, 1.82) is 0 Å². The Morgan fingerprint density at radius 3 is 2.80 bits per heavy atom. The minimum atomic E-state index is -0.218. The number of hydrogen-bond donors (Lipinski definition) is 3. The number of H-pyrrole nitrogens is 1. The number of anilines is 3. The van der Waals surface area contributed by atoms with Crippen LogP contribution in [0.25, 0.3) is 27.8 Å². The molecule has 0 radical (unpaired) electrons. The van der Waals surface area contributed by atoms with Crippen molar-refractivity contribution in [1.82, 2.24) is 24.6 Å². The molecule has 1 saturated heterocycles. The van der Waals surface area contributed by atoms with E-state index in [0.717, 1.165) is 39.2 Å². The topological polar surface area (TPSA) is 94.4 Å². The van der Waals surface area contributed by atoms with E-state index in [9.17, 15) is 5.11 Å². The summed E-state index contributed by atoms with van der Waals surface area (Å²) in [6, 6.07) is 14.3. The van der Waals surface area contributed by atoms with Crippen LogP contribution in [0.15, 0.2) is 67.3 Å². The fraction of sp³-hybridized carbons (Fsp3) is 0.136. The number of rotatable bonds is 4. The zero-order chi connectivity index (χ0) is 20.1. The van der Waals surface area contributed by atoms with E-state index in [1.807, 2.05) is 65.5 Å². The standard InChI is InChI=1S/C22H19N7O/c30-18-11-29(12-18)17-5-3-16(4-6-17)25-21-22-23-7-8-28(22)13-20(26-21)14-1-2-15-10-24-27-19(15)9-14/h1-10,13,18,30H,11-12H2,(H,24,27)(H,25,26). The summed E-state index contributed by atoms with van der Waals surface area (Å²) in [5.74, 6) is 0.689. The Hall–Kier alpha value is -3.91. The number of β-amino-alcohol motifs (C(OH)–C–C–N with tert-alkyl or cyclic N) is 1. The predicted molar refractivity (Wildman–Crippen MR) is 116 cm³/mol. The highest BCUT2D eigenvalue weighted by molar-refractivity contribution is 5.84. The number of fused-ring (bicyclic) bond motifs is 2. The Bertz CT molecular complexity index is 1350. The van der Waals surface area contributed by atoms with Gasteiger partial charge < -0.3 is 19.7 Å². The summed E-state index contributed by atoms with van der Waals surface area (Å²) in [6.07, 6.45) is 7.25. The van der Waals surface area contributed by atoms with Gasteiger partial charge >= 0.3 is 0 Å². The minimum absolute atomic E-state index is 0.218. The van der Waals surface area contributed by atoms with E-state index in [-0.39, 0.29) is 6.10 Å². The van der Waals surface area contributed by atoms with Crippen molar-refractivity contribution in [3.8, 4) is 11.3 Å². The van der Waals surface area contributed by atoms with Gasteiger partial charge in [0.1, 0.15) is 0 Å². The van der Waals surface area contributed by atoms with Crippen LogP contribution in [-0.4, -0.2) is 48.9 Å². The zero-order valence-electron chi connectivity index (χ0n) is 16.0. The van der Waals surface area contributed by atoms with Gasteiger partial charge in [0.15, 0.2) is 11.5 Å². The SMILES string of the molecule is OC1CN(c2ccc(Nc3nc(-c4ccc5cn[nH]c5c4)cn4ccnc34)cc2)C1. The molecule has 0 spiro atoms. The third kappa shape index (κ3) is 2.85. The van der Waals surface area contributed by atoms with Crippen LogP contribution >= 0.6 is 0 Å². The van der Waals surface area contributed by atoms with Crippen molar-refractivity contribution in [3.05, 3.63) is 67.3 Å². The normalized spacial score (nSPS) is 14.4. The molecule has 3 aromatic heterocycles. The molecule has 0 saturated carbocycles. The maximum atomic E-state index is 9.50. The van der Waals surface area contributed by atoms with Gasteiger partial charge in [-0.15, -0.1) is 0 Å². The number of nitrogens with one attached hydrogen (secondary N) is 2. The highest BCUT2D eigenvalue weighted by atomic mass is 16.3. The van der Waals surface area contributed by atoms with Gasteiger partial charge in [-0.25, -0.2) is 9.97 Å². The second-order valence-electron chi connectivity index (χ2n) is 7.54. The first kappa shape index (κ1) is 17.0. The molecule has 1 aliphatic rings. The smallest absolute Gasteiger partial charge is 0.180 e. The molecule has 4 heterocycles. The summed E-state index contributed by atoms with van der Waals surface area (Å²) >= 11 is 0. The second-order valence-corrected chi connectivity index (χ2v) is 7.54. The fourth-order valence-corrected chi connectivity index (χ4v) is 3.81. The van der Waals surface area contributed by atoms with E-state index in [4.69, 9.17) is 4.98 Å². The first-order chi connectivity index (χ1) is 14.7. The van der Waals surface area contributed by atoms with Gasteiger partial charge in [0.05, 0.1) is 23.5 Å². The molecule has 30 heavy (non-hydrogen) atoms. The number of benzene rings is 2. The molecule has 148 valence electrons. The van der Waals surface area contributed by atoms with E-state index in [2.05, 4.69) is 25.4 Å². The summed E-state index contributed by atoms with van der Waals surface area (Å²) in [5, 5.41) is 21.1. The molecule has 3 N–H and O–H groups in total. The zero-order valence-corrected chi connectivity index (χ0v) is 16.0. The van der Waals surface area contributed by atoms with Crippen LogP contribution in [0.4, 0.5) is 17.2 Å². The number of aromatic amines is 1. The summed E-state index contributed by atoms with van der Waals surface area (Å²) in [7, 11) is 0. The van der Waals surface area contributed by atoms with E-state index in [1.54, 1.807) is 6.20 Å². The Balaban J connectivity index is 1.35. The average Bonchev–Trinajstić information content (AvgIpc) is 3.41. The number of aromatic nitrogens is 5. The highest BCUT2D eigenvalue weighted by Gasteiger charge is 2.24. The van der Waals surface area contributed by atoms with Crippen LogP contribution in [0.2, 0.25) is 0 Å². The molecule has 0 aliphatic carbocycles. The van der Waals surface area contributed by atoms with Crippen LogP contribution in [0.1, 0.15) is 0 Å². The molecule has 6 rings (SSSR count). The maximum Gasteiger partial charge on any atom is 0.180 e. The molecule has 5 aromatic rings. The lowest BCUT2D eigenvalue weighted by Gasteiger charge is -2.37. The van der Waals surface area contributed by atoms with Crippen LogP contribution in [0.3, 0.4) is 0 Å². The molecule has 0 unspecified atom stereocenters. The number of imidazole rings is 1. The van der Waals surface area contributed by atoms with Crippen molar-refractivity contribution in [2.75, 3.05) is 23.3 Å². The lowest BCUT2D eigenvalue weighted by molar-refractivity contribution is 0.142. The van der Waals surface area contributed by atoms with Crippen molar-refractivity contribution >= 4 is 33.7 Å². The van der Waals surface area contributed by atoms with Crippen molar-refractivity contribution in [3.63, 3.8) is 0 Å². The quantitative estimate of drug-likeness (QED) is 0.431. The third-order valence-electron chi connectivity index (χ3n) is 5.47. The number of hydrogen-bond acceptors (Lipinski definition) is 6. The van der Waals surface area contributed by atoms with Gasteiger partial charge in [0.25, 0.3) is 0 Å². The summed E-state index contributed by atoms with van der Waals surface area (Å²) in [6.45, 7) is 1.37. The molecule has 0 atom stereocenters. The summed E-state index contributed by atoms with van der Waals surface area (Å²) in [4.78, 5) is 11.5. The highest BCUT2D eigenvalue weighted by Crippen LogP contribution is 2.28. The summed E-state index contributed by atoms with van der Waals surface area (Å²) < 4.78 is 1.97. The first-order valence-corrected chi connectivity index (χ1v) is 9.80. The molecule has 0 bridgehead atoms. The lowest BCUT2D eigenvalue weighted by Crippen LogP contribution is -2.50.